The molecule has 1 unspecified atom stereocenters. The second-order valence-electron chi connectivity index (χ2n) is 7.38. The van der Waals surface area contributed by atoms with Gasteiger partial charge in [-0.15, -0.1) is 12.4 Å². The number of carbonyl (C=O) groups excluding carboxylic acids is 2. The minimum atomic E-state index is -0.278. The highest BCUT2D eigenvalue weighted by Crippen LogP contribution is 2.29. The molecule has 144 valence electrons. The van der Waals surface area contributed by atoms with Crippen molar-refractivity contribution in [1.82, 2.24) is 10.6 Å². The molecule has 7 heteroatoms. The molecule has 0 aliphatic carbocycles. The van der Waals surface area contributed by atoms with Gasteiger partial charge in [-0.1, -0.05) is 6.92 Å². The molecule has 0 saturated carbocycles. The Balaban J connectivity index is 0.00000243. The van der Waals surface area contributed by atoms with Gasteiger partial charge in [0.2, 0.25) is 11.8 Å². The summed E-state index contributed by atoms with van der Waals surface area (Å²) < 4.78 is 5.14. The van der Waals surface area contributed by atoms with Crippen molar-refractivity contribution in [2.45, 2.75) is 26.2 Å². The molecule has 2 amide bonds. The van der Waals surface area contributed by atoms with Crippen molar-refractivity contribution < 1.29 is 14.3 Å². The predicted octanol–water partition coefficient (Wildman–Crippen LogP) is 1.98. The number of amides is 2. The van der Waals surface area contributed by atoms with Gasteiger partial charge in [-0.05, 0) is 55.6 Å². The van der Waals surface area contributed by atoms with E-state index < -0.39 is 0 Å². The van der Waals surface area contributed by atoms with Crippen molar-refractivity contribution in [3.63, 3.8) is 0 Å². The van der Waals surface area contributed by atoms with Crippen molar-refractivity contribution in [2.24, 2.45) is 11.3 Å². The van der Waals surface area contributed by atoms with Gasteiger partial charge in [-0.2, -0.15) is 0 Å². The lowest BCUT2D eigenvalue weighted by Gasteiger charge is -2.34. The highest BCUT2D eigenvalue weighted by Gasteiger charge is 2.36. The van der Waals surface area contributed by atoms with Crippen LogP contribution in [0.15, 0.2) is 24.3 Å². The molecule has 0 radical (unpaired) electrons. The molecule has 3 rings (SSSR count). The average molecular weight is 382 g/mol. The number of hydrogen-bond acceptors (Lipinski definition) is 4. The van der Waals surface area contributed by atoms with E-state index in [0.717, 1.165) is 37.4 Å². The SMILES string of the molecule is COc1ccc(N2CC(C(=O)NCC3(C)CCNCC3)CC2=O)cc1.Cl. The number of hydrogen-bond donors (Lipinski definition) is 2. The first-order chi connectivity index (χ1) is 12.0. The lowest BCUT2D eigenvalue weighted by atomic mass is 9.81. The summed E-state index contributed by atoms with van der Waals surface area (Å²) in [6.07, 6.45) is 2.40. The topological polar surface area (TPSA) is 70.7 Å². The van der Waals surface area contributed by atoms with E-state index in [2.05, 4.69) is 17.6 Å². The first-order valence-electron chi connectivity index (χ1n) is 8.94. The monoisotopic (exact) mass is 381 g/mol. The van der Waals surface area contributed by atoms with Gasteiger partial charge in [0, 0.05) is 25.2 Å². The van der Waals surface area contributed by atoms with Crippen LogP contribution in [0.25, 0.3) is 0 Å². The first kappa shape index (κ1) is 20.5. The van der Waals surface area contributed by atoms with Crippen LogP contribution >= 0.6 is 12.4 Å². The molecule has 2 saturated heterocycles. The van der Waals surface area contributed by atoms with Gasteiger partial charge in [0.05, 0.1) is 13.0 Å². The van der Waals surface area contributed by atoms with Crippen LogP contribution in [0, 0.1) is 11.3 Å². The van der Waals surface area contributed by atoms with Crippen molar-refractivity contribution in [1.29, 1.82) is 0 Å². The Hall–Kier alpha value is -1.79. The Morgan fingerprint density at radius 2 is 1.96 bits per heavy atom. The number of anilines is 1. The Bertz CT molecular complexity index is 629. The van der Waals surface area contributed by atoms with Crippen LogP contribution in [0.3, 0.4) is 0 Å². The minimum Gasteiger partial charge on any atom is -0.497 e. The van der Waals surface area contributed by atoms with Crippen LogP contribution in [0.4, 0.5) is 5.69 Å². The molecular weight excluding hydrogens is 354 g/mol. The van der Waals surface area contributed by atoms with Crippen molar-refractivity contribution in [3.05, 3.63) is 24.3 Å². The van der Waals surface area contributed by atoms with Gasteiger partial charge in [0.25, 0.3) is 0 Å². The number of ether oxygens (including phenoxy) is 1. The van der Waals surface area contributed by atoms with Gasteiger partial charge in [-0.25, -0.2) is 0 Å². The number of halogens is 1. The van der Waals surface area contributed by atoms with Crippen molar-refractivity contribution >= 4 is 29.9 Å². The van der Waals surface area contributed by atoms with Crippen molar-refractivity contribution in [2.75, 3.05) is 38.2 Å². The molecule has 1 aromatic rings. The highest BCUT2D eigenvalue weighted by molar-refractivity contribution is 6.00. The molecule has 2 aliphatic heterocycles. The molecule has 2 N–H and O–H groups in total. The molecule has 6 nitrogen and oxygen atoms in total. The zero-order chi connectivity index (χ0) is 17.9. The Labute approximate surface area is 161 Å². The molecule has 26 heavy (non-hydrogen) atoms. The van der Waals surface area contributed by atoms with Crippen LogP contribution in [0.2, 0.25) is 0 Å². The number of nitrogens with zero attached hydrogens (tertiary/aromatic N) is 1. The third-order valence-corrected chi connectivity index (χ3v) is 5.38. The fraction of sp³-hybridized carbons (Fsp3) is 0.579. The molecule has 0 bridgehead atoms. The van der Waals surface area contributed by atoms with Crippen LogP contribution in [-0.4, -0.2) is 45.1 Å². The van der Waals surface area contributed by atoms with Gasteiger partial charge < -0.3 is 20.3 Å². The summed E-state index contributed by atoms with van der Waals surface area (Å²) in [6.45, 7) is 5.34. The normalized spacial score (nSPS) is 21.8. The maximum atomic E-state index is 12.5. The van der Waals surface area contributed by atoms with E-state index in [1.807, 2.05) is 24.3 Å². The highest BCUT2D eigenvalue weighted by atomic mass is 35.5. The third kappa shape index (κ3) is 4.68. The zero-order valence-electron chi connectivity index (χ0n) is 15.4. The number of carbonyl (C=O) groups is 2. The van der Waals surface area contributed by atoms with E-state index in [0.29, 0.717) is 13.1 Å². The van der Waals surface area contributed by atoms with Gasteiger partial charge >= 0.3 is 0 Å². The number of nitrogens with one attached hydrogen (secondary N) is 2. The van der Waals surface area contributed by atoms with E-state index >= 15 is 0 Å². The predicted molar refractivity (Wildman–Crippen MR) is 104 cm³/mol. The smallest absolute Gasteiger partial charge is 0.227 e. The maximum Gasteiger partial charge on any atom is 0.227 e. The number of benzene rings is 1. The quantitative estimate of drug-likeness (QED) is 0.818. The molecule has 2 aliphatic rings. The summed E-state index contributed by atoms with van der Waals surface area (Å²) >= 11 is 0. The molecule has 0 aromatic heterocycles. The number of methoxy groups -OCH3 is 1. The van der Waals surface area contributed by atoms with E-state index in [4.69, 9.17) is 4.74 Å². The summed E-state index contributed by atoms with van der Waals surface area (Å²) in [5, 5.41) is 6.43. The van der Waals surface area contributed by atoms with E-state index in [-0.39, 0.29) is 42.0 Å². The Morgan fingerprint density at radius 3 is 2.58 bits per heavy atom. The van der Waals surface area contributed by atoms with Crippen LogP contribution in [-0.2, 0) is 9.59 Å². The van der Waals surface area contributed by atoms with Crippen LogP contribution in [0.5, 0.6) is 5.75 Å². The molecular formula is C19H28ClN3O3. The van der Waals surface area contributed by atoms with Crippen LogP contribution in [0.1, 0.15) is 26.2 Å². The second-order valence-corrected chi connectivity index (χ2v) is 7.38. The lowest BCUT2D eigenvalue weighted by molar-refractivity contribution is -0.126. The summed E-state index contributed by atoms with van der Waals surface area (Å²) in [7, 11) is 1.61. The number of rotatable bonds is 5. The molecule has 2 fully saturated rings. The van der Waals surface area contributed by atoms with Crippen LogP contribution < -0.4 is 20.3 Å². The molecule has 2 heterocycles. The van der Waals surface area contributed by atoms with Gasteiger partial charge in [0.1, 0.15) is 5.75 Å². The molecule has 1 aromatic carbocycles. The van der Waals surface area contributed by atoms with Crippen molar-refractivity contribution in [3.8, 4) is 5.75 Å². The Kier molecular flexibility index (Phi) is 6.89. The summed E-state index contributed by atoms with van der Waals surface area (Å²) in [5.41, 5.74) is 0.963. The zero-order valence-corrected chi connectivity index (χ0v) is 16.2. The molecule has 0 spiro atoms. The Morgan fingerprint density at radius 1 is 1.31 bits per heavy atom. The molecule has 1 atom stereocenters. The lowest BCUT2D eigenvalue weighted by Crippen LogP contribution is -2.44. The summed E-state index contributed by atoms with van der Waals surface area (Å²) in [4.78, 5) is 26.5. The number of piperidine rings is 1. The third-order valence-electron chi connectivity index (χ3n) is 5.38. The van der Waals surface area contributed by atoms with E-state index in [9.17, 15) is 9.59 Å². The fourth-order valence-electron chi connectivity index (χ4n) is 3.55. The van der Waals surface area contributed by atoms with E-state index in [1.54, 1.807) is 12.0 Å². The minimum absolute atomic E-state index is 0. The largest absolute Gasteiger partial charge is 0.497 e. The first-order valence-corrected chi connectivity index (χ1v) is 8.94. The van der Waals surface area contributed by atoms with E-state index in [1.165, 1.54) is 0 Å². The standard InChI is InChI=1S/C19H27N3O3.ClH/c1-19(7-9-20-10-8-19)13-21-18(24)14-11-17(23)22(12-14)15-3-5-16(25-2)6-4-15;/h3-6,14,20H,7-13H2,1-2H3,(H,21,24);1H. The maximum absolute atomic E-state index is 12.5. The average Bonchev–Trinajstić information content (AvgIpc) is 3.02. The second kappa shape index (κ2) is 8.73. The summed E-state index contributed by atoms with van der Waals surface area (Å²) in [6, 6.07) is 7.36. The summed E-state index contributed by atoms with van der Waals surface area (Å²) in [5.74, 6) is 0.460. The fourth-order valence-corrected chi connectivity index (χ4v) is 3.55. The van der Waals surface area contributed by atoms with Gasteiger partial charge in [-0.3, -0.25) is 9.59 Å². The van der Waals surface area contributed by atoms with Gasteiger partial charge in [0.15, 0.2) is 0 Å².